The molecule has 0 bridgehead atoms. The fraction of sp³-hybridized carbons (Fsp3) is 0.125. The first kappa shape index (κ1) is 18.5. The Hall–Kier alpha value is -3.33. The maximum absolute atomic E-state index is 11.6. The number of esters is 1. The van der Waals surface area contributed by atoms with Crippen LogP contribution in [0, 0.1) is 0 Å². The van der Waals surface area contributed by atoms with Gasteiger partial charge in [-0.25, -0.2) is 4.79 Å². The van der Waals surface area contributed by atoms with Crippen LogP contribution in [0.2, 0.25) is 0 Å². The van der Waals surface area contributed by atoms with Gasteiger partial charge in [0.1, 0.15) is 19.0 Å². The van der Waals surface area contributed by atoms with Crippen LogP contribution >= 0.6 is 0 Å². The molecule has 3 heteroatoms. The largest absolute Gasteiger partial charge is 0.489 e. The van der Waals surface area contributed by atoms with Gasteiger partial charge in [-0.05, 0) is 18.1 Å². The van der Waals surface area contributed by atoms with E-state index in [2.05, 4.69) is 30.8 Å². The lowest BCUT2D eigenvalue weighted by molar-refractivity contribution is -0.139. The van der Waals surface area contributed by atoms with E-state index in [0.717, 1.165) is 28.0 Å². The van der Waals surface area contributed by atoms with Crippen molar-refractivity contribution >= 4 is 5.97 Å². The average Bonchev–Trinajstić information content (AvgIpc) is 2.72. The Balaban J connectivity index is 1.91. The van der Waals surface area contributed by atoms with Gasteiger partial charge in [-0.2, -0.15) is 0 Å². The summed E-state index contributed by atoms with van der Waals surface area (Å²) in [4.78, 5) is 11.6. The molecular formula is C24H22O3. The van der Waals surface area contributed by atoms with Gasteiger partial charge in [0.25, 0.3) is 0 Å². The molecule has 0 aliphatic heterocycles. The quantitative estimate of drug-likeness (QED) is 0.317. The minimum Gasteiger partial charge on any atom is -0.489 e. The van der Waals surface area contributed by atoms with Crippen molar-refractivity contribution in [1.82, 2.24) is 0 Å². The molecule has 3 aromatic rings. The molecule has 0 aromatic heterocycles. The molecule has 3 nitrogen and oxygen atoms in total. The molecule has 0 N–H and O–H groups in total. The Kier molecular flexibility index (Phi) is 6.06. The predicted molar refractivity (Wildman–Crippen MR) is 109 cm³/mol. The monoisotopic (exact) mass is 358 g/mol. The molecule has 0 heterocycles. The summed E-state index contributed by atoms with van der Waals surface area (Å²) in [6, 6.07) is 26.3. The Labute approximate surface area is 159 Å². The lowest BCUT2D eigenvalue weighted by Crippen LogP contribution is -2.13. The first-order chi connectivity index (χ1) is 13.2. The molecule has 0 unspecified atom stereocenters. The van der Waals surface area contributed by atoms with Gasteiger partial charge < -0.3 is 9.47 Å². The van der Waals surface area contributed by atoms with Gasteiger partial charge >= 0.3 is 5.97 Å². The van der Waals surface area contributed by atoms with Crippen molar-refractivity contribution in [2.24, 2.45) is 0 Å². The lowest BCUT2D eigenvalue weighted by atomic mass is 9.97. The van der Waals surface area contributed by atoms with E-state index in [1.807, 2.05) is 54.6 Å². The zero-order valence-electron chi connectivity index (χ0n) is 15.4. The van der Waals surface area contributed by atoms with Crippen LogP contribution in [0.4, 0.5) is 0 Å². The highest BCUT2D eigenvalue weighted by Gasteiger charge is 2.13. The van der Waals surface area contributed by atoms with E-state index < -0.39 is 5.97 Å². The molecule has 3 rings (SSSR count). The van der Waals surface area contributed by atoms with E-state index in [4.69, 9.17) is 9.47 Å². The first-order valence-electron chi connectivity index (χ1n) is 8.86. The minimum absolute atomic E-state index is 0.170. The molecule has 27 heavy (non-hydrogen) atoms. The fourth-order valence-electron chi connectivity index (χ4n) is 2.78. The predicted octanol–water partition coefficient (Wildman–Crippen LogP) is 5.52. The highest BCUT2D eigenvalue weighted by Crippen LogP contribution is 2.38. The second-order valence-corrected chi connectivity index (χ2v) is 6.18. The Morgan fingerprint density at radius 3 is 1.78 bits per heavy atom. The standard InChI is InChI=1S/C24H22O3/c1-18(2)24(25)27-17-16-26-23-21(19-10-5-3-6-11-19)14-9-15-22(23)20-12-7-4-8-13-20/h3-15H,1,16-17H2,2H3. The Morgan fingerprint density at radius 2 is 1.30 bits per heavy atom. The third-order valence-electron chi connectivity index (χ3n) is 4.10. The Bertz CT molecular complexity index is 857. The molecule has 0 saturated heterocycles. The number of carbonyl (C=O) groups excluding carboxylic acids is 1. The summed E-state index contributed by atoms with van der Waals surface area (Å²) in [5.74, 6) is 0.375. The van der Waals surface area contributed by atoms with Gasteiger partial charge in [-0.1, -0.05) is 85.4 Å². The molecule has 0 aliphatic rings. The normalized spacial score (nSPS) is 10.3. The lowest BCUT2D eigenvalue weighted by Gasteiger charge is -2.17. The van der Waals surface area contributed by atoms with Gasteiger partial charge in [-0.3, -0.25) is 0 Å². The first-order valence-corrected chi connectivity index (χ1v) is 8.86. The minimum atomic E-state index is -0.404. The van der Waals surface area contributed by atoms with E-state index in [1.54, 1.807) is 6.92 Å². The van der Waals surface area contributed by atoms with E-state index in [1.165, 1.54) is 0 Å². The molecule has 136 valence electrons. The zero-order valence-corrected chi connectivity index (χ0v) is 15.4. The summed E-state index contributed by atoms with van der Waals surface area (Å²) in [7, 11) is 0. The van der Waals surface area contributed by atoms with E-state index in [9.17, 15) is 4.79 Å². The van der Waals surface area contributed by atoms with Crippen LogP contribution in [-0.4, -0.2) is 19.2 Å². The van der Waals surface area contributed by atoms with Crippen molar-refractivity contribution in [3.63, 3.8) is 0 Å². The highest BCUT2D eigenvalue weighted by atomic mass is 16.6. The van der Waals surface area contributed by atoms with Crippen LogP contribution in [0.15, 0.2) is 91.0 Å². The molecule has 0 fully saturated rings. The fourth-order valence-corrected chi connectivity index (χ4v) is 2.78. The molecular weight excluding hydrogens is 336 g/mol. The van der Waals surface area contributed by atoms with Gasteiger partial charge in [0.2, 0.25) is 0 Å². The van der Waals surface area contributed by atoms with Crippen molar-refractivity contribution in [2.45, 2.75) is 6.92 Å². The van der Waals surface area contributed by atoms with Crippen LogP contribution in [-0.2, 0) is 9.53 Å². The van der Waals surface area contributed by atoms with Crippen LogP contribution in [0.25, 0.3) is 22.3 Å². The summed E-state index contributed by atoms with van der Waals surface area (Å²) in [5, 5.41) is 0. The summed E-state index contributed by atoms with van der Waals surface area (Å²) in [5.41, 5.74) is 4.53. The summed E-state index contributed by atoms with van der Waals surface area (Å²) in [6.07, 6.45) is 0. The molecule has 3 aromatic carbocycles. The third kappa shape index (κ3) is 4.64. The SMILES string of the molecule is C=C(C)C(=O)OCCOc1c(-c2ccccc2)cccc1-c1ccccc1. The van der Waals surface area contributed by atoms with E-state index >= 15 is 0 Å². The summed E-state index contributed by atoms with van der Waals surface area (Å²) >= 11 is 0. The van der Waals surface area contributed by atoms with Crippen molar-refractivity contribution in [3.05, 3.63) is 91.0 Å². The number of rotatable bonds is 7. The highest BCUT2D eigenvalue weighted by molar-refractivity contribution is 5.87. The van der Waals surface area contributed by atoms with Crippen molar-refractivity contribution in [2.75, 3.05) is 13.2 Å². The average molecular weight is 358 g/mol. The maximum Gasteiger partial charge on any atom is 0.333 e. The molecule has 0 radical (unpaired) electrons. The van der Waals surface area contributed by atoms with Crippen molar-refractivity contribution in [1.29, 1.82) is 0 Å². The molecule has 0 aliphatic carbocycles. The van der Waals surface area contributed by atoms with E-state index in [-0.39, 0.29) is 13.2 Å². The second-order valence-electron chi connectivity index (χ2n) is 6.18. The molecule has 0 amide bonds. The van der Waals surface area contributed by atoms with Crippen LogP contribution in [0.1, 0.15) is 6.92 Å². The summed E-state index contributed by atoms with van der Waals surface area (Å²) < 4.78 is 11.3. The van der Waals surface area contributed by atoms with Gasteiger partial charge in [-0.15, -0.1) is 0 Å². The molecule has 0 spiro atoms. The topological polar surface area (TPSA) is 35.5 Å². The van der Waals surface area contributed by atoms with Gasteiger partial charge in [0.05, 0.1) is 0 Å². The number of benzene rings is 3. The summed E-state index contributed by atoms with van der Waals surface area (Å²) in [6.45, 7) is 5.65. The molecule has 0 saturated carbocycles. The Morgan fingerprint density at radius 1 is 0.778 bits per heavy atom. The van der Waals surface area contributed by atoms with Crippen molar-refractivity contribution in [3.8, 4) is 28.0 Å². The van der Waals surface area contributed by atoms with Gasteiger partial charge in [0.15, 0.2) is 0 Å². The second kappa shape index (κ2) is 8.86. The zero-order chi connectivity index (χ0) is 19.1. The van der Waals surface area contributed by atoms with Crippen LogP contribution in [0.3, 0.4) is 0 Å². The third-order valence-corrected chi connectivity index (χ3v) is 4.10. The number of hydrogen-bond donors (Lipinski definition) is 0. The van der Waals surface area contributed by atoms with Gasteiger partial charge in [0, 0.05) is 16.7 Å². The smallest absolute Gasteiger partial charge is 0.333 e. The number of para-hydroxylation sites is 1. The number of carbonyl (C=O) groups is 1. The van der Waals surface area contributed by atoms with Crippen molar-refractivity contribution < 1.29 is 14.3 Å². The van der Waals surface area contributed by atoms with Crippen LogP contribution < -0.4 is 4.74 Å². The number of hydrogen-bond acceptors (Lipinski definition) is 3. The maximum atomic E-state index is 11.6. The molecule has 0 atom stereocenters. The van der Waals surface area contributed by atoms with E-state index in [0.29, 0.717) is 5.57 Å². The van der Waals surface area contributed by atoms with Crippen LogP contribution in [0.5, 0.6) is 5.75 Å². The number of ether oxygens (including phenoxy) is 2.